The van der Waals surface area contributed by atoms with E-state index in [1.54, 1.807) is 12.1 Å². The van der Waals surface area contributed by atoms with Crippen LogP contribution in [-0.4, -0.2) is 27.4 Å². The Labute approximate surface area is 190 Å². The van der Waals surface area contributed by atoms with E-state index in [1.807, 2.05) is 42.5 Å². The van der Waals surface area contributed by atoms with Gasteiger partial charge in [0.2, 0.25) is 0 Å². The third kappa shape index (κ3) is 4.28. The average Bonchev–Trinajstić information content (AvgIpc) is 2.81. The molecule has 166 valence electrons. The van der Waals surface area contributed by atoms with Gasteiger partial charge in [-0.1, -0.05) is 66.3 Å². The molecular formula is C26H28N2O3S. The van der Waals surface area contributed by atoms with Crippen LogP contribution in [0, 0.1) is 0 Å². The number of hydrogen-bond donors (Lipinski definition) is 1. The Bertz CT molecular complexity index is 1180. The quantitative estimate of drug-likeness (QED) is 0.620. The highest BCUT2D eigenvalue weighted by Gasteiger charge is 2.40. The molecule has 0 bridgehead atoms. The number of anilines is 1. The van der Waals surface area contributed by atoms with E-state index in [-0.39, 0.29) is 11.4 Å². The van der Waals surface area contributed by atoms with Crippen LogP contribution in [0.15, 0.2) is 83.8 Å². The largest absolute Gasteiger partial charge is 0.351 e. The number of rotatable bonds is 7. The van der Waals surface area contributed by atoms with Gasteiger partial charge in [-0.2, -0.15) is 0 Å². The lowest BCUT2D eigenvalue weighted by Gasteiger charge is -2.32. The first kappa shape index (κ1) is 22.1. The highest BCUT2D eigenvalue weighted by Crippen LogP contribution is 2.42. The summed E-state index contributed by atoms with van der Waals surface area (Å²) < 4.78 is 28.7. The van der Waals surface area contributed by atoms with Crippen molar-refractivity contribution in [3.05, 3.63) is 94.9 Å². The Kier molecular flexibility index (Phi) is 6.61. The minimum atomic E-state index is -4.08. The lowest BCUT2D eigenvalue weighted by Crippen LogP contribution is -2.41. The molecule has 32 heavy (non-hydrogen) atoms. The van der Waals surface area contributed by atoms with Crippen molar-refractivity contribution in [3.8, 4) is 0 Å². The fourth-order valence-electron chi connectivity index (χ4n) is 4.38. The normalized spacial score (nSPS) is 17.4. The van der Waals surface area contributed by atoms with Gasteiger partial charge in [-0.25, -0.2) is 8.42 Å². The summed E-state index contributed by atoms with van der Waals surface area (Å²) in [5, 5.41) is 2.88. The number of sulfonamides is 1. The van der Waals surface area contributed by atoms with Crippen LogP contribution in [0.4, 0.5) is 5.69 Å². The van der Waals surface area contributed by atoms with E-state index in [4.69, 9.17) is 0 Å². The van der Waals surface area contributed by atoms with Crippen LogP contribution in [0.2, 0.25) is 0 Å². The molecule has 0 fully saturated rings. The molecule has 0 aromatic heterocycles. The standard InChI is InChI=1S/C26H28N2O3S/c1-2-19-28-23-16-10-9-15-22(23)24(21-13-7-4-8-14-21)25(32(28,30)31)26(29)27-18-17-20-11-5-3-6-12-20/h2,4,7-11,13-16H,1,3,5-6,12,17-19H2,(H,27,29). The Morgan fingerprint density at radius 2 is 1.81 bits per heavy atom. The summed E-state index contributed by atoms with van der Waals surface area (Å²) >= 11 is 0. The third-order valence-electron chi connectivity index (χ3n) is 5.90. The van der Waals surface area contributed by atoms with Crippen molar-refractivity contribution in [1.82, 2.24) is 5.32 Å². The van der Waals surface area contributed by atoms with Crippen molar-refractivity contribution < 1.29 is 13.2 Å². The van der Waals surface area contributed by atoms with Crippen molar-refractivity contribution in [2.75, 3.05) is 17.4 Å². The van der Waals surface area contributed by atoms with Gasteiger partial charge >= 0.3 is 0 Å². The molecule has 0 spiro atoms. The van der Waals surface area contributed by atoms with Gasteiger partial charge in [0.15, 0.2) is 4.91 Å². The first-order chi connectivity index (χ1) is 15.5. The Hall–Kier alpha value is -3.12. The molecule has 4 rings (SSSR count). The van der Waals surface area contributed by atoms with Gasteiger partial charge in [-0.3, -0.25) is 9.10 Å². The molecule has 0 saturated heterocycles. The minimum Gasteiger partial charge on any atom is -0.351 e. The minimum absolute atomic E-state index is 0.0884. The van der Waals surface area contributed by atoms with Gasteiger partial charge in [-0.05, 0) is 43.7 Å². The van der Waals surface area contributed by atoms with Gasteiger partial charge in [0.05, 0.1) is 12.2 Å². The summed E-state index contributed by atoms with van der Waals surface area (Å²) in [5.74, 6) is -0.566. The van der Waals surface area contributed by atoms with E-state index in [9.17, 15) is 13.2 Å². The van der Waals surface area contributed by atoms with Gasteiger partial charge in [0, 0.05) is 17.7 Å². The van der Waals surface area contributed by atoms with E-state index in [1.165, 1.54) is 28.8 Å². The zero-order valence-corrected chi connectivity index (χ0v) is 18.9. The molecule has 6 heteroatoms. The third-order valence-corrected chi connectivity index (χ3v) is 7.73. The molecule has 2 aromatic carbocycles. The molecule has 1 aliphatic heterocycles. The van der Waals surface area contributed by atoms with Crippen molar-refractivity contribution in [2.24, 2.45) is 0 Å². The highest BCUT2D eigenvalue weighted by molar-refractivity contribution is 7.97. The topological polar surface area (TPSA) is 66.5 Å². The average molecular weight is 449 g/mol. The summed E-state index contributed by atoms with van der Waals surface area (Å²) in [6.07, 6.45) is 9.02. The Balaban J connectivity index is 1.78. The summed E-state index contributed by atoms with van der Waals surface area (Å²) in [6.45, 7) is 4.21. The summed E-state index contributed by atoms with van der Waals surface area (Å²) in [4.78, 5) is 13.2. The number of carbonyl (C=O) groups excluding carboxylic acids is 1. The summed E-state index contributed by atoms with van der Waals surface area (Å²) in [5.41, 5.74) is 3.74. The molecule has 2 aliphatic rings. The zero-order chi connectivity index (χ0) is 22.6. The van der Waals surface area contributed by atoms with Crippen LogP contribution in [0.25, 0.3) is 5.57 Å². The lowest BCUT2D eigenvalue weighted by atomic mass is 9.95. The van der Waals surface area contributed by atoms with Crippen LogP contribution in [-0.2, 0) is 14.8 Å². The Morgan fingerprint density at radius 3 is 2.53 bits per heavy atom. The number of nitrogens with one attached hydrogen (secondary N) is 1. The molecule has 0 saturated carbocycles. The number of allylic oxidation sites excluding steroid dienone is 1. The molecule has 2 aromatic rings. The number of carbonyl (C=O) groups is 1. The van der Waals surface area contributed by atoms with Crippen LogP contribution in [0.1, 0.15) is 43.2 Å². The highest BCUT2D eigenvalue weighted by atomic mass is 32.2. The van der Waals surface area contributed by atoms with Crippen molar-refractivity contribution >= 4 is 27.2 Å². The fraction of sp³-hybridized carbons (Fsp3) is 0.269. The maximum atomic E-state index is 13.7. The molecule has 0 radical (unpaired) electrons. The van der Waals surface area contributed by atoms with Gasteiger partial charge in [-0.15, -0.1) is 6.58 Å². The Morgan fingerprint density at radius 1 is 1.06 bits per heavy atom. The van der Waals surface area contributed by atoms with Crippen molar-refractivity contribution in [1.29, 1.82) is 0 Å². The molecule has 5 nitrogen and oxygen atoms in total. The molecular weight excluding hydrogens is 420 g/mol. The number of hydrogen-bond acceptors (Lipinski definition) is 3. The maximum absolute atomic E-state index is 13.7. The number of para-hydroxylation sites is 1. The maximum Gasteiger partial charge on any atom is 0.270 e. The van der Waals surface area contributed by atoms with E-state index in [0.29, 0.717) is 23.4 Å². The fourth-order valence-corrected chi connectivity index (χ4v) is 6.11. The second kappa shape index (κ2) is 9.57. The molecule has 1 amide bonds. The molecule has 1 heterocycles. The number of nitrogens with zero attached hydrogens (tertiary/aromatic N) is 1. The predicted molar refractivity (Wildman–Crippen MR) is 130 cm³/mol. The van der Waals surface area contributed by atoms with E-state index < -0.39 is 15.9 Å². The molecule has 1 aliphatic carbocycles. The number of benzene rings is 2. The molecule has 1 N–H and O–H groups in total. The first-order valence-corrected chi connectivity index (χ1v) is 12.5. The monoisotopic (exact) mass is 448 g/mol. The zero-order valence-electron chi connectivity index (χ0n) is 18.1. The second-order valence-electron chi connectivity index (χ2n) is 8.03. The van der Waals surface area contributed by atoms with Gasteiger partial charge in [0.25, 0.3) is 15.9 Å². The molecule has 0 atom stereocenters. The van der Waals surface area contributed by atoms with E-state index in [2.05, 4.69) is 18.0 Å². The van der Waals surface area contributed by atoms with Crippen LogP contribution in [0.5, 0.6) is 0 Å². The number of amides is 1. The van der Waals surface area contributed by atoms with E-state index >= 15 is 0 Å². The smallest absolute Gasteiger partial charge is 0.270 e. The SMILES string of the molecule is C=CCN1c2ccccc2C(c2ccccc2)=C(C(=O)NCCC2=CCCCC2)S1(=O)=O. The lowest BCUT2D eigenvalue weighted by molar-refractivity contribution is -0.116. The van der Waals surface area contributed by atoms with Crippen molar-refractivity contribution in [3.63, 3.8) is 0 Å². The summed E-state index contributed by atoms with van der Waals surface area (Å²) in [7, 11) is -4.08. The predicted octanol–water partition coefficient (Wildman–Crippen LogP) is 4.79. The second-order valence-corrected chi connectivity index (χ2v) is 9.83. The van der Waals surface area contributed by atoms with Gasteiger partial charge < -0.3 is 5.32 Å². The number of fused-ring (bicyclic) bond motifs is 1. The van der Waals surface area contributed by atoms with Crippen LogP contribution < -0.4 is 9.62 Å². The van der Waals surface area contributed by atoms with Gasteiger partial charge in [0.1, 0.15) is 0 Å². The van der Waals surface area contributed by atoms with Crippen LogP contribution in [0.3, 0.4) is 0 Å². The van der Waals surface area contributed by atoms with E-state index in [0.717, 1.165) is 24.8 Å². The van der Waals surface area contributed by atoms with Crippen LogP contribution >= 0.6 is 0 Å². The summed E-state index contributed by atoms with van der Waals surface area (Å²) in [6, 6.07) is 16.5. The van der Waals surface area contributed by atoms with Crippen molar-refractivity contribution in [2.45, 2.75) is 32.1 Å². The molecule has 0 unspecified atom stereocenters. The first-order valence-electron chi connectivity index (χ1n) is 11.0.